The molecule has 2 aromatic heterocycles. The molecular formula is C19H23N3O2. The van der Waals surface area contributed by atoms with Crippen molar-refractivity contribution >= 4 is 11.0 Å². The Kier molecular flexibility index (Phi) is 4.36. The van der Waals surface area contributed by atoms with Crippen molar-refractivity contribution in [2.45, 2.75) is 19.9 Å². The number of nitrogens with zero attached hydrogens (tertiary/aromatic N) is 2. The Bertz CT molecular complexity index is 808. The lowest BCUT2D eigenvalue weighted by Gasteiger charge is -2.23. The number of hydrogen-bond acceptors (Lipinski definition) is 4. The zero-order valence-electron chi connectivity index (χ0n) is 14.0. The summed E-state index contributed by atoms with van der Waals surface area (Å²) in [4.78, 5) is 2.47. The second kappa shape index (κ2) is 6.79. The molecule has 24 heavy (non-hydrogen) atoms. The molecule has 1 saturated heterocycles. The smallest absolute Gasteiger partial charge is 0.134 e. The maximum Gasteiger partial charge on any atom is 0.134 e. The summed E-state index contributed by atoms with van der Waals surface area (Å²) in [6, 6.07) is 8.50. The molecule has 5 heteroatoms. The first kappa shape index (κ1) is 15.4. The van der Waals surface area contributed by atoms with Crippen LogP contribution in [0.25, 0.3) is 11.0 Å². The van der Waals surface area contributed by atoms with Gasteiger partial charge in [0, 0.05) is 36.3 Å². The summed E-state index contributed by atoms with van der Waals surface area (Å²) in [6.45, 7) is 6.63. The van der Waals surface area contributed by atoms with Crippen LogP contribution >= 0.6 is 0 Å². The topological polar surface area (TPSA) is 54.3 Å². The van der Waals surface area contributed by atoms with Gasteiger partial charge in [0.15, 0.2) is 0 Å². The number of aromatic nitrogens is 2. The first-order valence-electron chi connectivity index (χ1n) is 8.53. The normalized spacial score (nSPS) is 19.6. The number of nitrogens with one attached hydrogen (secondary N) is 1. The van der Waals surface area contributed by atoms with E-state index in [1.165, 1.54) is 11.1 Å². The minimum Gasteiger partial charge on any atom is -0.464 e. The molecule has 1 fully saturated rings. The van der Waals surface area contributed by atoms with E-state index >= 15 is 0 Å². The van der Waals surface area contributed by atoms with Gasteiger partial charge in [-0.3, -0.25) is 10.00 Å². The summed E-state index contributed by atoms with van der Waals surface area (Å²) in [7, 11) is 0. The van der Waals surface area contributed by atoms with E-state index in [0.29, 0.717) is 5.92 Å². The molecule has 0 bridgehead atoms. The molecule has 0 spiro atoms. The Hall–Kier alpha value is -2.11. The summed E-state index contributed by atoms with van der Waals surface area (Å²) in [6.07, 6.45) is 4.69. The fourth-order valence-corrected chi connectivity index (χ4v) is 3.46. The predicted molar refractivity (Wildman–Crippen MR) is 92.8 cm³/mol. The van der Waals surface area contributed by atoms with Gasteiger partial charge in [0.1, 0.15) is 5.58 Å². The monoisotopic (exact) mass is 325 g/mol. The highest BCUT2D eigenvalue weighted by atomic mass is 16.5. The molecular weight excluding hydrogens is 302 g/mol. The Balaban J connectivity index is 1.44. The molecule has 3 heterocycles. The van der Waals surface area contributed by atoms with Crippen LogP contribution in [0.15, 0.2) is 41.1 Å². The van der Waals surface area contributed by atoms with Crippen molar-refractivity contribution in [2.24, 2.45) is 5.92 Å². The van der Waals surface area contributed by atoms with Crippen LogP contribution in [0.3, 0.4) is 0 Å². The second-order valence-corrected chi connectivity index (χ2v) is 6.69. The van der Waals surface area contributed by atoms with Gasteiger partial charge in [0.2, 0.25) is 0 Å². The number of hydrogen-bond donors (Lipinski definition) is 1. The van der Waals surface area contributed by atoms with E-state index < -0.39 is 0 Å². The number of H-pyrrole nitrogens is 1. The van der Waals surface area contributed by atoms with Crippen molar-refractivity contribution in [3.63, 3.8) is 0 Å². The van der Waals surface area contributed by atoms with Crippen molar-refractivity contribution < 1.29 is 9.15 Å². The summed E-state index contributed by atoms with van der Waals surface area (Å²) >= 11 is 0. The van der Waals surface area contributed by atoms with Crippen LogP contribution in [0, 0.1) is 12.8 Å². The lowest BCUT2D eigenvalue weighted by atomic mass is 9.98. The SMILES string of the molecule is Cc1[nH]ncc1CN1CCOCC(Cc2ccc3ccoc3c2)C1. The van der Waals surface area contributed by atoms with Crippen LogP contribution in [0.5, 0.6) is 0 Å². The van der Waals surface area contributed by atoms with Crippen molar-refractivity contribution in [1.82, 2.24) is 15.1 Å². The van der Waals surface area contributed by atoms with Crippen LogP contribution in [-0.2, 0) is 17.7 Å². The minimum atomic E-state index is 0.493. The molecule has 1 aliphatic heterocycles. The van der Waals surface area contributed by atoms with Crippen LogP contribution in [0.4, 0.5) is 0 Å². The van der Waals surface area contributed by atoms with E-state index in [1.807, 2.05) is 12.3 Å². The van der Waals surface area contributed by atoms with Crippen LogP contribution in [0.1, 0.15) is 16.8 Å². The molecule has 126 valence electrons. The van der Waals surface area contributed by atoms with E-state index in [4.69, 9.17) is 9.15 Å². The van der Waals surface area contributed by atoms with E-state index in [1.54, 1.807) is 6.26 Å². The largest absolute Gasteiger partial charge is 0.464 e. The molecule has 0 aliphatic carbocycles. The van der Waals surface area contributed by atoms with Gasteiger partial charge in [-0.2, -0.15) is 5.10 Å². The number of rotatable bonds is 4. The molecule has 0 amide bonds. The van der Waals surface area contributed by atoms with Gasteiger partial charge in [-0.15, -0.1) is 0 Å². The van der Waals surface area contributed by atoms with Gasteiger partial charge in [-0.25, -0.2) is 0 Å². The van der Waals surface area contributed by atoms with Gasteiger partial charge in [0.05, 0.1) is 25.7 Å². The molecule has 1 unspecified atom stereocenters. The third-order valence-corrected chi connectivity index (χ3v) is 4.80. The minimum absolute atomic E-state index is 0.493. The molecule has 1 N–H and O–H groups in total. The zero-order valence-corrected chi connectivity index (χ0v) is 14.0. The number of ether oxygens (including phenoxy) is 1. The average molecular weight is 325 g/mol. The van der Waals surface area contributed by atoms with E-state index in [9.17, 15) is 0 Å². The maximum atomic E-state index is 5.84. The van der Waals surface area contributed by atoms with Gasteiger partial charge < -0.3 is 9.15 Å². The maximum absolute atomic E-state index is 5.84. The molecule has 0 saturated carbocycles. The van der Waals surface area contributed by atoms with Gasteiger partial charge in [-0.1, -0.05) is 12.1 Å². The third kappa shape index (κ3) is 3.37. The van der Waals surface area contributed by atoms with Crippen molar-refractivity contribution in [1.29, 1.82) is 0 Å². The van der Waals surface area contributed by atoms with E-state index in [-0.39, 0.29) is 0 Å². The summed E-state index contributed by atoms with van der Waals surface area (Å²) in [5.74, 6) is 0.493. The van der Waals surface area contributed by atoms with Gasteiger partial charge >= 0.3 is 0 Å². The molecule has 3 aromatic rings. The Morgan fingerprint density at radius 1 is 1.33 bits per heavy atom. The van der Waals surface area contributed by atoms with E-state index in [0.717, 1.165) is 55.9 Å². The van der Waals surface area contributed by atoms with Crippen molar-refractivity contribution in [3.8, 4) is 0 Å². The quantitative estimate of drug-likeness (QED) is 0.800. The van der Waals surface area contributed by atoms with Crippen molar-refractivity contribution in [3.05, 3.63) is 53.5 Å². The van der Waals surface area contributed by atoms with Crippen molar-refractivity contribution in [2.75, 3.05) is 26.3 Å². The number of furan rings is 1. The summed E-state index contributed by atoms with van der Waals surface area (Å²) in [5.41, 5.74) is 4.70. The Morgan fingerprint density at radius 2 is 2.29 bits per heavy atom. The molecule has 0 radical (unpaired) electrons. The summed E-state index contributed by atoms with van der Waals surface area (Å²) < 4.78 is 11.4. The lowest BCUT2D eigenvalue weighted by Crippen LogP contribution is -2.30. The fourth-order valence-electron chi connectivity index (χ4n) is 3.46. The van der Waals surface area contributed by atoms with E-state index in [2.05, 4.69) is 40.2 Å². The number of fused-ring (bicyclic) bond motifs is 1. The Labute approximate surface area is 141 Å². The van der Waals surface area contributed by atoms with Gasteiger partial charge in [0.25, 0.3) is 0 Å². The van der Waals surface area contributed by atoms with Gasteiger partial charge in [-0.05, 0) is 37.0 Å². The molecule has 4 rings (SSSR count). The van der Waals surface area contributed by atoms with Crippen LogP contribution < -0.4 is 0 Å². The highest BCUT2D eigenvalue weighted by Crippen LogP contribution is 2.21. The first-order chi connectivity index (χ1) is 11.8. The zero-order chi connectivity index (χ0) is 16.4. The predicted octanol–water partition coefficient (Wildman–Crippen LogP) is 3.16. The molecule has 1 atom stereocenters. The molecule has 1 aliphatic rings. The first-order valence-corrected chi connectivity index (χ1v) is 8.53. The highest BCUT2D eigenvalue weighted by Gasteiger charge is 2.20. The number of aromatic amines is 1. The van der Waals surface area contributed by atoms with Crippen LogP contribution in [0.2, 0.25) is 0 Å². The second-order valence-electron chi connectivity index (χ2n) is 6.69. The van der Waals surface area contributed by atoms with Crippen LogP contribution in [-0.4, -0.2) is 41.4 Å². The standard InChI is InChI=1S/C19H23N3O2/c1-14-18(10-20-21-14)12-22-5-7-23-13-16(11-22)8-15-2-3-17-4-6-24-19(17)9-15/h2-4,6,9-10,16H,5,7-8,11-13H2,1H3,(H,20,21). The summed E-state index contributed by atoms with van der Waals surface area (Å²) in [5, 5.41) is 8.31. The third-order valence-electron chi connectivity index (χ3n) is 4.80. The number of aryl methyl sites for hydroxylation is 1. The molecule has 1 aromatic carbocycles. The average Bonchev–Trinajstić information content (AvgIpc) is 3.13. The molecule has 5 nitrogen and oxygen atoms in total. The fraction of sp³-hybridized carbons (Fsp3) is 0.421. The number of benzene rings is 1. The highest BCUT2D eigenvalue weighted by molar-refractivity contribution is 5.77. The Morgan fingerprint density at radius 3 is 3.17 bits per heavy atom. The lowest BCUT2D eigenvalue weighted by molar-refractivity contribution is 0.121.